The molecule has 4 nitrogen and oxygen atoms in total. The van der Waals surface area contributed by atoms with Crippen LogP contribution in [0.3, 0.4) is 0 Å². The zero-order valence-electron chi connectivity index (χ0n) is 12.1. The van der Waals surface area contributed by atoms with Gasteiger partial charge >= 0.3 is 0 Å². The summed E-state index contributed by atoms with van der Waals surface area (Å²) in [4.78, 5) is 14.2. The molecule has 20 heavy (non-hydrogen) atoms. The average Bonchev–Trinajstić information content (AvgIpc) is 2.75. The van der Waals surface area contributed by atoms with Crippen LogP contribution in [0.25, 0.3) is 0 Å². The SMILES string of the molecule is CC(C)c1ccccc1NC(=O)CN1CC[C@H](N)C1.Cl. The molecule has 0 unspecified atom stereocenters. The van der Waals surface area contributed by atoms with Gasteiger partial charge in [0.2, 0.25) is 5.91 Å². The second kappa shape index (κ2) is 7.62. The Kier molecular flexibility index (Phi) is 6.46. The Bertz CT molecular complexity index is 450. The number of para-hydroxylation sites is 1. The molecule has 0 aromatic heterocycles. The Hall–Kier alpha value is -1.10. The molecular formula is C15H24ClN3O. The van der Waals surface area contributed by atoms with E-state index in [9.17, 15) is 4.79 Å². The van der Waals surface area contributed by atoms with Crippen LogP contribution in [0, 0.1) is 0 Å². The lowest BCUT2D eigenvalue weighted by Crippen LogP contribution is -2.33. The smallest absolute Gasteiger partial charge is 0.238 e. The summed E-state index contributed by atoms with van der Waals surface area (Å²) >= 11 is 0. The summed E-state index contributed by atoms with van der Waals surface area (Å²) in [6.45, 7) is 6.43. The molecular weight excluding hydrogens is 274 g/mol. The van der Waals surface area contributed by atoms with E-state index in [4.69, 9.17) is 5.73 Å². The Morgan fingerprint density at radius 3 is 2.75 bits per heavy atom. The van der Waals surface area contributed by atoms with E-state index in [0.717, 1.165) is 25.2 Å². The van der Waals surface area contributed by atoms with Gasteiger partial charge < -0.3 is 11.1 Å². The summed E-state index contributed by atoms with van der Waals surface area (Å²) in [6.07, 6.45) is 0.982. The second-order valence-corrected chi connectivity index (χ2v) is 5.57. The van der Waals surface area contributed by atoms with Crippen LogP contribution in [0.5, 0.6) is 0 Å². The molecule has 1 fully saturated rings. The number of nitrogens with two attached hydrogens (primary N) is 1. The highest BCUT2D eigenvalue weighted by Gasteiger charge is 2.21. The van der Waals surface area contributed by atoms with Gasteiger partial charge in [0.15, 0.2) is 0 Å². The molecule has 0 saturated carbocycles. The van der Waals surface area contributed by atoms with Crippen LogP contribution in [0.2, 0.25) is 0 Å². The van der Waals surface area contributed by atoms with Crippen molar-refractivity contribution in [2.24, 2.45) is 5.73 Å². The molecule has 5 heteroatoms. The van der Waals surface area contributed by atoms with Crippen LogP contribution in [0.1, 0.15) is 31.7 Å². The zero-order chi connectivity index (χ0) is 13.8. The molecule has 1 amide bonds. The highest BCUT2D eigenvalue weighted by Crippen LogP contribution is 2.23. The van der Waals surface area contributed by atoms with Gasteiger partial charge in [-0.15, -0.1) is 12.4 Å². The number of rotatable bonds is 4. The van der Waals surface area contributed by atoms with Crippen molar-refractivity contribution in [3.63, 3.8) is 0 Å². The van der Waals surface area contributed by atoms with Crippen molar-refractivity contribution in [2.45, 2.75) is 32.2 Å². The third-order valence-electron chi connectivity index (χ3n) is 3.53. The maximum absolute atomic E-state index is 12.1. The molecule has 1 atom stereocenters. The minimum Gasteiger partial charge on any atom is -0.326 e. The lowest BCUT2D eigenvalue weighted by molar-refractivity contribution is -0.117. The first kappa shape index (κ1) is 17.0. The molecule has 1 aliphatic heterocycles. The zero-order valence-corrected chi connectivity index (χ0v) is 13.0. The predicted molar refractivity (Wildman–Crippen MR) is 85.4 cm³/mol. The summed E-state index contributed by atoms with van der Waals surface area (Å²) in [7, 11) is 0. The highest BCUT2D eigenvalue weighted by atomic mass is 35.5. The molecule has 0 bridgehead atoms. The van der Waals surface area contributed by atoms with Crippen LogP contribution in [-0.2, 0) is 4.79 Å². The number of amides is 1. The lowest BCUT2D eigenvalue weighted by atomic mass is 10.0. The third-order valence-corrected chi connectivity index (χ3v) is 3.53. The van der Waals surface area contributed by atoms with E-state index in [2.05, 4.69) is 30.1 Å². The van der Waals surface area contributed by atoms with E-state index in [1.807, 2.05) is 18.2 Å². The van der Waals surface area contributed by atoms with E-state index < -0.39 is 0 Å². The van der Waals surface area contributed by atoms with Gasteiger partial charge in [0.1, 0.15) is 0 Å². The molecule has 0 spiro atoms. The van der Waals surface area contributed by atoms with Gasteiger partial charge in [0, 0.05) is 24.8 Å². The maximum Gasteiger partial charge on any atom is 0.238 e. The summed E-state index contributed by atoms with van der Waals surface area (Å²) in [5.41, 5.74) is 7.94. The Morgan fingerprint density at radius 2 is 2.15 bits per heavy atom. The van der Waals surface area contributed by atoms with Crippen molar-refractivity contribution >= 4 is 24.0 Å². The molecule has 1 aliphatic rings. The normalized spacial score (nSPS) is 18.9. The average molecular weight is 298 g/mol. The molecule has 3 N–H and O–H groups in total. The van der Waals surface area contributed by atoms with Gasteiger partial charge in [0.25, 0.3) is 0 Å². The van der Waals surface area contributed by atoms with Crippen LogP contribution in [0.15, 0.2) is 24.3 Å². The highest BCUT2D eigenvalue weighted by molar-refractivity contribution is 5.93. The third kappa shape index (κ3) is 4.47. The van der Waals surface area contributed by atoms with Gasteiger partial charge in [-0.25, -0.2) is 0 Å². The fourth-order valence-electron chi connectivity index (χ4n) is 2.51. The molecule has 1 heterocycles. The second-order valence-electron chi connectivity index (χ2n) is 5.57. The lowest BCUT2D eigenvalue weighted by Gasteiger charge is -2.17. The first-order valence-corrected chi connectivity index (χ1v) is 6.93. The van der Waals surface area contributed by atoms with E-state index in [0.29, 0.717) is 12.5 Å². The Balaban J connectivity index is 0.00000200. The van der Waals surface area contributed by atoms with Crippen molar-refractivity contribution in [1.29, 1.82) is 0 Å². The van der Waals surface area contributed by atoms with Crippen LogP contribution < -0.4 is 11.1 Å². The molecule has 0 radical (unpaired) electrons. The first-order chi connectivity index (χ1) is 9.06. The fraction of sp³-hybridized carbons (Fsp3) is 0.533. The fourth-order valence-corrected chi connectivity index (χ4v) is 2.51. The quantitative estimate of drug-likeness (QED) is 0.896. The number of carbonyl (C=O) groups excluding carboxylic acids is 1. The Labute approximate surface area is 127 Å². The predicted octanol–water partition coefficient (Wildman–Crippen LogP) is 2.20. The van der Waals surface area contributed by atoms with Crippen molar-refractivity contribution in [2.75, 3.05) is 25.0 Å². The largest absolute Gasteiger partial charge is 0.326 e. The number of anilines is 1. The van der Waals surface area contributed by atoms with Crippen molar-refractivity contribution in [3.05, 3.63) is 29.8 Å². The first-order valence-electron chi connectivity index (χ1n) is 6.93. The number of halogens is 1. The van der Waals surface area contributed by atoms with Crippen LogP contribution >= 0.6 is 12.4 Å². The van der Waals surface area contributed by atoms with Gasteiger partial charge in [0.05, 0.1) is 6.54 Å². The number of hydrogen-bond donors (Lipinski definition) is 2. The van der Waals surface area contributed by atoms with E-state index in [-0.39, 0.29) is 24.4 Å². The summed E-state index contributed by atoms with van der Waals surface area (Å²) in [5, 5.41) is 3.01. The van der Waals surface area contributed by atoms with Crippen LogP contribution in [-0.4, -0.2) is 36.5 Å². The van der Waals surface area contributed by atoms with Crippen LogP contribution in [0.4, 0.5) is 5.69 Å². The number of carbonyl (C=O) groups is 1. The van der Waals surface area contributed by atoms with E-state index >= 15 is 0 Å². The number of benzene rings is 1. The van der Waals surface area contributed by atoms with Gasteiger partial charge in [-0.1, -0.05) is 32.0 Å². The summed E-state index contributed by atoms with van der Waals surface area (Å²) < 4.78 is 0. The maximum atomic E-state index is 12.1. The van der Waals surface area contributed by atoms with Crippen molar-refractivity contribution in [3.8, 4) is 0 Å². The Morgan fingerprint density at radius 1 is 1.45 bits per heavy atom. The van der Waals surface area contributed by atoms with Gasteiger partial charge in [-0.2, -0.15) is 0 Å². The number of nitrogens with one attached hydrogen (secondary N) is 1. The number of likely N-dealkylation sites (tertiary alicyclic amines) is 1. The van der Waals surface area contributed by atoms with Gasteiger partial charge in [-0.3, -0.25) is 9.69 Å². The van der Waals surface area contributed by atoms with Crippen molar-refractivity contribution < 1.29 is 4.79 Å². The molecule has 1 aromatic carbocycles. The van der Waals surface area contributed by atoms with E-state index in [1.165, 1.54) is 5.56 Å². The minimum atomic E-state index is 0. The molecule has 2 rings (SSSR count). The monoisotopic (exact) mass is 297 g/mol. The number of nitrogens with zero attached hydrogens (tertiary/aromatic N) is 1. The molecule has 112 valence electrons. The summed E-state index contributed by atoms with van der Waals surface area (Å²) in [5.74, 6) is 0.443. The standard InChI is InChI=1S/C15H23N3O.ClH/c1-11(2)13-5-3-4-6-14(13)17-15(19)10-18-8-7-12(16)9-18;/h3-6,11-12H,7-10,16H2,1-2H3,(H,17,19);1H/t12-;/m0./s1. The van der Waals surface area contributed by atoms with E-state index in [1.54, 1.807) is 0 Å². The molecule has 1 saturated heterocycles. The molecule has 1 aromatic rings. The summed E-state index contributed by atoms with van der Waals surface area (Å²) in [6, 6.07) is 8.20. The van der Waals surface area contributed by atoms with Gasteiger partial charge in [-0.05, 0) is 24.0 Å². The topological polar surface area (TPSA) is 58.4 Å². The van der Waals surface area contributed by atoms with Crippen molar-refractivity contribution in [1.82, 2.24) is 4.90 Å². The minimum absolute atomic E-state index is 0. The number of hydrogen-bond acceptors (Lipinski definition) is 3. The molecule has 0 aliphatic carbocycles.